The van der Waals surface area contributed by atoms with E-state index in [1.54, 1.807) is 20.1 Å². The molecule has 7 heavy (non-hydrogen) atoms. The van der Waals surface area contributed by atoms with Crippen LogP contribution in [0.5, 0.6) is 0 Å². The Morgan fingerprint density at radius 3 is 2.14 bits per heavy atom. The second-order valence-electron chi connectivity index (χ2n) is 0.962. The summed E-state index contributed by atoms with van der Waals surface area (Å²) in [5.41, 5.74) is 0. The SMILES string of the molecule is [B]B=BB=BB=[B]. The molecule has 0 aromatic heterocycles. The van der Waals surface area contributed by atoms with Gasteiger partial charge in [-0.05, 0) is 0 Å². The summed E-state index contributed by atoms with van der Waals surface area (Å²) in [6.07, 6.45) is 0. The van der Waals surface area contributed by atoms with Crippen molar-refractivity contribution in [1.29, 1.82) is 0 Å². The Morgan fingerprint density at radius 2 is 1.71 bits per heavy atom. The first-order valence-corrected chi connectivity index (χ1v) is 2.00. The molecular weight excluding hydrogens is 75.7 g/mol. The Balaban J connectivity index is 3.27. The van der Waals surface area contributed by atoms with Gasteiger partial charge in [0.1, 0.15) is 0 Å². The molecule has 0 rings (SSSR count). The third-order valence-corrected chi connectivity index (χ3v) is 0.444. The molecule has 0 amide bonds. The first-order valence-electron chi connectivity index (χ1n) is 2.00. The summed E-state index contributed by atoms with van der Waals surface area (Å²) in [7, 11) is 9.97. The first-order chi connectivity index (χ1) is 3.41. The minimum atomic E-state index is 1.44. The van der Waals surface area contributed by atoms with Crippen molar-refractivity contribution in [2.45, 2.75) is 0 Å². The molecule has 0 spiro atoms. The van der Waals surface area contributed by atoms with Crippen molar-refractivity contribution in [1.82, 2.24) is 0 Å². The molecule has 0 N–H and O–H groups in total. The summed E-state index contributed by atoms with van der Waals surface area (Å²) in [6.45, 7) is 8.03. The minimum absolute atomic E-state index is 1.44. The van der Waals surface area contributed by atoms with E-state index in [0.717, 1.165) is 0 Å². The van der Waals surface area contributed by atoms with Crippen molar-refractivity contribution in [3.63, 3.8) is 0 Å². The summed E-state index contributed by atoms with van der Waals surface area (Å²) < 4.78 is 0. The maximum absolute atomic E-state index is 4.98. The average Bonchev–Trinajstić information content (AvgIpc) is 1.69. The van der Waals surface area contributed by atoms with Gasteiger partial charge in [0.25, 0.3) is 0 Å². The molecule has 0 aromatic carbocycles. The average molecular weight is 75.7 g/mol. The van der Waals surface area contributed by atoms with Crippen molar-refractivity contribution < 1.29 is 0 Å². The Labute approximate surface area is 49.3 Å². The number of rotatable bonds is 2. The van der Waals surface area contributed by atoms with Gasteiger partial charge >= 0.3 is 48.6 Å². The fraction of sp³-hybridized carbons (Fsp3) is 0. The number of hydrogen-bond acceptors (Lipinski definition) is 0. The third kappa shape index (κ3) is 6.45. The molecule has 0 unspecified atom stereocenters. The Hall–Kier alpha value is 0.455. The molecule has 0 nitrogen and oxygen atoms in total. The van der Waals surface area contributed by atoms with Crippen molar-refractivity contribution in [3.05, 3.63) is 0 Å². The van der Waals surface area contributed by atoms with E-state index in [2.05, 4.69) is 0 Å². The molecule has 0 fully saturated rings. The van der Waals surface area contributed by atoms with Gasteiger partial charge in [-0.1, -0.05) is 0 Å². The summed E-state index contributed by atoms with van der Waals surface area (Å²) in [5.74, 6) is 0. The van der Waals surface area contributed by atoms with E-state index >= 15 is 0 Å². The Morgan fingerprint density at radius 1 is 1.00 bits per heavy atom. The van der Waals surface area contributed by atoms with E-state index in [-0.39, 0.29) is 0 Å². The van der Waals surface area contributed by atoms with Crippen LogP contribution in [0.25, 0.3) is 0 Å². The summed E-state index contributed by atoms with van der Waals surface area (Å²) in [4.78, 5) is 0. The van der Waals surface area contributed by atoms with Gasteiger partial charge in [0, 0.05) is 0 Å². The molecule has 7 heteroatoms. The van der Waals surface area contributed by atoms with E-state index in [0.29, 0.717) is 0 Å². The second-order valence-corrected chi connectivity index (χ2v) is 0.962. The van der Waals surface area contributed by atoms with E-state index in [9.17, 15) is 0 Å². The van der Waals surface area contributed by atoms with E-state index in [1.807, 2.05) is 0 Å². The van der Waals surface area contributed by atoms with Crippen LogP contribution in [0, 0.1) is 0 Å². The number of hydrogen-bond donors (Lipinski definition) is 0. The zero-order valence-electron chi connectivity index (χ0n) is 4.04. The molecule has 0 heterocycles. The topological polar surface area (TPSA) is 0 Å². The molecule has 0 atom stereocenters. The molecule has 0 aliphatic rings. The molecule has 0 bridgehead atoms. The molecule has 21 valence electrons. The van der Waals surface area contributed by atoms with Gasteiger partial charge < -0.3 is 0 Å². The zero-order valence-corrected chi connectivity index (χ0v) is 4.04. The third-order valence-electron chi connectivity index (χ3n) is 0.444. The molecule has 0 saturated carbocycles. The Bertz CT molecular complexity index is 86.2. The van der Waals surface area contributed by atoms with Crippen LogP contribution >= 0.6 is 0 Å². The zero-order chi connectivity index (χ0) is 5.54. The molecular formula is B7. The normalized spacial score (nSPS) is 5.57. The van der Waals surface area contributed by atoms with E-state index < -0.39 is 0 Å². The van der Waals surface area contributed by atoms with Crippen LogP contribution in [0.3, 0.4) is 0 Å². The second kappa shape index (κ2) is 6.45. The Kier molecular flexibility index (Phi) is 6.87. The van der Waals surface area contributed by atoms with Gasteiger partial charge in [-0.25, -0.2) is 0 Å². The molecule has 0 aliphatic heterocycles. The van der Waals surface area contributed by atoms with Crippen LogP contribution < -0.4 is 0 Å². The van der Waals surface area contributed by atoms with Gasteiger partial charge in [-0.3, -0.25) is 0 Å². The van der Waals surface area contributed by atoms with Crippen molar-refractivity contribution in [3.8, 4) is 0 Å². The van der Waals surface area contributed by atoms with Gasteiger partial charge in [0.05, 0.1) is 0 Å². The van der Waals surface area contributed by atoms with Crippen LogP contribution in [-0.4, -0.2) is 48.6 Å². The summed E-state index contributed by atoms with van der Waals surface area (Å²) in [5, 5.41) is 0. The van der Waals surface area contributed by atoms with Crippen molar-refractivity contribution >= 4 is 48.6 Å². The predicted octanol–water partition coefficient (Wildman–Crippen LogP) is -2.67. The van der Waals surface area contributed by atoms with E-state index in [1.165, 1.54) is 13.4 Å². The van der Waals surface area contributed by atoms with Crippen LogP contribution in [0.2, 0.25) is 0 Å². The summed E-state index contributed by atoms with van der Waals surface area (Å²) in [6, 6.07) is 0. The molecule has 3 radical (unpaired) electrons. The van der Waals surface area contributed by atoms with Crippen LogP contribution in [-0.2, 0) is 0 Å². The van der Waals surface area contributed by atoms with Gasteiger partial charge in [0.15, 0.2) is 0 Å². The van der Waals surface area contributed by atoms with Crippen molar-refractivity contribution in [2.75, 3.05) is 0 Å². The summed E-state index contributed by atoms with van der Waals surface area (Å²) >= 11 is 0. The first kappa shape index (κ1) is 7.45. The maximum atomic E-state index is 4.98. The fourth-order valence-electron chi connectivity index (χ4n) is 0.192. The van der Waals surface area contributed by atoms with E-state index in [4.69, 9.17) is 15.1 Å². The quantitative estimate of drug-likeness (QED) is 0.314. The van der Waals surface area contributed by atoms with Crippen LogP contribution in [0.15, 0.2) is 0 Å². The van der Waals surface area contributed by atoms with Gasteiger partial charge in [-0.2, -0.15) is 0 Å². The monoisotopic (exact) mass is 77.1 g/mol. The molecule has 0 saturated heterocycles. The fourth-order valence-corrected chi connectivity index (χ4v) is 0.192. The van der Waals surface area contributed by atoms with Crippen molar-refractivity contribution in [2.24, 2.45) is 0 Å². The standard InChI is InChI=1S/B7/c1-3-5-7-6-4-2. The van der Waals surface area contributed by atoms with Gasteiger partial charge in [-0.15, -0.1) is 0 Å². The van der Waals surface area contributed by atoms with Crippen LogP contribution in [0.1, 0.15) is 0 Å². The van der Waals surface area contributed by atoms with Crippen LogP contribution in [0.4, 0.5) is 0 Å². The predicted molar refractivity (Wildman–Crippen MR) is 40.3 cm³/mol. The van der Waals surface area contributed by atoms with Gasteiger partial charge in [0.2, 0.25) is 0 Å². The molecule has 0 aliphatic carbocycles. The molecule has 0 aromatic rings.